The van der Waals surface area contributed by atoms with E-state index in [0.29, 0.717) is 5.16 Å². The van der Waals surface area contributed by atoms with Crippen molar-refractivity contribution in [3.63, 3.8) is 0 Å². The zero-order valence-corrected chi connectivity index (χ0v) is 10.6. The molecule has 0 spiro atoms. The molecule has 1 fully saturated rings. The Morgan fingerprint density at radius 2 is 1.86 bits per heavy atom. The molecule has 1 aromatic carbocycles. The molecular weight excluding hydrogens is 211 g/mol. The van der Waals surface area contributed by atoms with Gasteiger partial charge in [-0.25, -0.2) is 0 Å². The topological polar surface area (TPSA) is 0 Å². The number of benzene rings is 1. The second kappa shape index (κ2) is 3.22. The van der Waals surface area contributed by atoms with E-state index >= 15 is 0 Å². The van der Waals surface area contributed by atoms with E-state index < -0.39 is 6.62 Å². The zero-order chi connectivity index (χ0) is 10.4. The summed E-state index contributed by atoms with van der Waals surface area (Å²) in [6.07, 6.45) is 1.20. The van der Waals surface area contributed by atoms with Crippen LogP contribution in [0.5, 0.6) is 0 Å². The normalized spacial score (nSPS) is 35.0. The zero-order valence-electron chi connectivity index (χ0n) is 9.00. The van der Waals surface area contributed by atoms with Crippen molar-refractivity contribution in [3.8, 4) is 0 Å². The third-order valence-electron chi connectivity index (χ3n) is 3.81. The third-order valence-corrected chi connectivity index (χ3v) is 10.6. The summed E-state index contributed by atoms with van der Waals surface area (Å²) in [5.74, 6) is 0.758. The predicted molar refractivity (Wildman–Crippen MR) is 67.0 cm³/mol. The molecule has 2 atom stereocenters. The minimum Gasteiger partial charge on any atom is -0.0620 e. The van der Waals surface area contributed by atoms with Gasteiger partial charge in [0.15, 0.2) is 6.62 Å². The van der Waals surface area contributed by atoms with Gasteiger partial charge in [0.2, 0.25) is 0 Å². The van der Waals surface area contributed by atoms with Crippen molar-refractivity contribution in [3.05, 3.63) is 30.3 Å². The summed E-state index contributed by atoms with van der Waals surface area (Å²) in [7, 11) is 0. The van der Waals surface area contributed by atoms with Gasteiger partial charge >= 0.3 is 0 Å². The van der Waals surface area contributed by atoms with E-state index in [0.717, 1.165) is 5.92 Å². The Kier molecular flexibility index (Phi) is 2.40. The van der Waals surface area contributed by atoms with Gasteiger partial charge in [0.25, 0.3) is 0 Å². The highest BCUT2D eigenvalue weighted by Gasteiger charge is 2.66. The van der Waals surface area contributed by atoms with Crippen LogP contribution in [0, 0.1) is 5.92 Å². The lowest BCUT2D eigenvalue weighted by atomic mass is 9.97. The molecule has 1 aliphatic rings. The molecule has 76 valence electrons. The van der Waals surface area contributed by atoms with Crippen molar-refractivity contribution < 1.29 is 0 Å². The Morgan fingerprint density at radius 1 is 1.29 bits per heavy atom. The number of hydrogen-bond acceptors (Lipinski definition) is 0. The Morgan fingerprint density at radius 3 is 2.29 bits per heavy atom. The fraction of sp³-hybridized carbons (Fsp3) is 0.500. The second-order valence-electron chi connectivity index (χ2n) is 4.79. The van der Waals surface area contributed by atoms with Crippen LogP contribution in [0.2, 0.25) is 0 Å². The first-order valence-electron chi connectivity index (χ1n) is 5.12. The molecule has 1 aromatic rings. The highest BCUT2D eigenvalue weighted by molar-refractivity contribution is 8.06. The number of halogens is 1. The van der Waals surface area contributed by atoms with Gasteiger partial charge in [-0.3, -0.25) is 0 Å². The Bertz CT molecular complexity index is 333. The highest BCUT2D eigenvalue weighted by atomic mass is 35.7. The number of hydrogen-bond donors (Lipinski definition) is 0. The van der Waals surface area contributed by atoms with Crippen molar-refractivity contribution in [2.24, 2.45) is 5.92 Å². The second-order valence-corrected chi connectivity index (χ2v) is 9.99. The van der Waals surface area contributed by atoms with Gasteiger partial charge in [-0.1, -0.05) is 25.1 Å². The molecule has 0 aromatic heterocycles. The molecule has 1 aliphatic heterocycles. The van der Waals surface area contributed by atoms with Gasteiger partial charge in [0, 0.05) is 5.92 Å². The molecule has 2 rings (SSSR count). The van der Waals surface area contributed by atoms with E-state index in [2.05, 4.69) is 51.1 Å². The number of rotatable bonds is 1. The molecule has 0 amide bonds. The average Bonchev–Trinajstić information content (AvgIpc) is 2.19. The molecular formula is C12H17ClP+. The Labute approximate surface area is 91.8 Å². The summed E-state index contributed by atoms with van der Waals surface area (Å²) >= 11 is 6.83. The molecule has 0 bridgehead atoms. The average molecular weight is 228 g/mol. The molecule has 0 aliphatic carbocycles. The van der Waals surface area contributed by atoms with Crippen LogP contribution in [-0.4, -0.2) is 11.3 Å². The molecule has 0 nitrogen and oxygen atoms in total. The van der Waals surface area contributed by atoms with Crippen LogP contribution in [0.25, 0.3) is 0 Å². The quantitative estimate of drug-likeness (QED) is 0.638. The van der Waals surface area contributed by atoms with Crippen LogP contribution in [0.3, 0.4) is 0 Å². The fourth-order valence-corrected chi connectivity index (χ4v) is 7.30. The summed E-state index contributed by atoms with van der Waals surface area (Å²) in [6, 6.07) is 10.6. The summed E-state index contributed by atoms with van der Waals surface area (Å²) in [6.45, 7) is 5.56. The highest BCUT2D eigenvalue weighted by Crippen LogP contribution is 2.82. The van der Waals surface area contributed by atoms with E-state index in [-0.39, 0.29) is 0 Å². The van der Waals surface area contributed by atoms with E-state index in [1.54, 1.807) is 0 Å². The van der Waals surface area contributed by atoms with E-state index in [1.807, 2.05) is 0 Å². The third kappa shape index (κ3) is 1.24. The molecule has 1 saturated heterocycles. The molecule has 0 saturated carbocycles. The van der Waals surface area contributed by atoms with Crippen LogP contribution in [0.15, 0.2) is 30.3 Å². The molecule has 2 heteroatoms. The monoisotopic (exact) mass is 227 g/mol. The summed E-state index contributed by atoms with van der Waals surface area (Å²) < 4.78 is 0. The first-order chi connectivity index (χ1) is 6.48. The molecule has 14 heavy (non-hydrogen) atoms. The van der Waals surface area contributed by atoms with Crippen molar-refractivity contribution in [2.45, 2.75) is 25.9 Å². The van der Waals surface area contributed by atoms with Gasteiger partial charge in [0.1, 0.15) is 10.5 Å². The van der Waals surface area contributed by atoms with Gasteiger partial charge in [0.05, 0.1) is 17.4 Å². The summed E-state index contributed by atoms with van der Waals surface area (Å²) in [5, 5.41) is 1.69. The molecule has 1 heterocycles. The van der Waals surface area contributed by atoms with Crippen LogP contribution in [-0.2, 0) is 0 Å². The van der Waals surface area contributed by atoms with Crippen LogP contribution in [0.4, 0.5) is 0 Å². The summed E-state index contributed by atoms with van der Waals surface area (Å²) in [4.78, 5) is 0. The van der Waals surface area contributed by atoms with Crippen molar-refractivity contribution in [2.75, 3.05) is 6.16 Å². The lowest BCUT2D eigenvalue weighted by Gasteiger charge is -2.48. The maximum absolute atomic E-state index is 6.83. The van der Waals surface area contributed by atoms with Crippen LogP contribution < -0.4 is 5.30 Å². The first-order valence-corrected chi connectivity index (χ1v) is 8.00. The van der Waals surface area contributed by atoms with Crippen molar-refractivity contribution in [1.82, 2.24) is 0 Å². The van der Waals surface area contributed by atoms with E-state index in [9.17, 15) is 0 Å². The van der Waals surface area contributed by atoms with Gasteiger partial charge in [-0.05, 0) is 26.0 Å². The van der Waals surface area contributed by atoms with Crippen molar-refractivity contribution in [1.29, 1.82) is 0 Å². The lowest BCUT2D eigenvalue weighted by Crippen LogP contribution is -2.48. The van der Waals surface area contributed by atoms with E-state index in [1.165, 1.54) is 11.5 Å². The van der Waals surface area contributed by atoms with Crippen LogP contribution >= 0.6 is 17.9 Å². The molecule has 0 radical (unpaired) electrons. The summed E-state index contributed by atoms with van der Waals surface area (Å²) in [5.41, 5.74) is 0. The lowest BCUT2D eigenvalue weighted by molar-refractivity contribution is 0.449. The minimum absolute atomic E-state index is 0.315. The Balaban J connectivity index is 2.37. The molecule has 0 N–H and O–H groups in total. The van der Waals surface area contributed by atoms with Gasteiger partial charge in [-0.2, -0.15) is 0 Å². The molecule has 1 unspecified atom stereocenters. The van der Waals surface area contributed by atoms with Crippen molar-refractivity contribution >= 4 is 23.2 Å². The maximum Gasteiger partial charge on any atom is 0.152 e. The Hall–Kier alpha value is -0.0600. The SMILES string of the molecule is C[C@@H]1C[P+](Cl)(c2ccccc2)C1(C)C. The van der Waals surface area contributed by atoms with E-state index in [4.69, 9.17) is 11.2 Å². The van der Waals surface area contributed by atoms with Gasteiger partial charge < -0.3 is 0 Å². The van der Waals surface area contributed by atoms with Crippen LogP contribution in [0.1, 0.15) is 20.8 Å². The smallest absolute Gasteiger partial charge is 0.0620 e. The first kappa shape index (κ1) is 10.5. The largest absolute Gasteiger partial charge is 0.152 e. The van der Waals surface area contributed by atoms with Gasteiger partial charge in [-0.15, -0.1) is 0 Å². The fourth-order valence-electron chi connectivity index (χ4n) is 2.18. The standard InChI is InChI=1S/C12H17ClP/c1-10-9-14(13,12(10,2)3)11-7-5-4-6-8-11/h4-8,10H,9H2,1-3H3/q+1/t10-,14?/m1/s1. The maximum atomic E-state index is 6.83. The predicted octanol–water partition coefficient (Wildman–Crippen LogP) is 3.91. The minimum atomic E-state index is -1.38.